The lowest BCUT2D eigenvalue weighted by Crippen LogP contribution is -2.45. The third-order valence-electron chi connectivity index (χ3n) is 5.62. The van der Waals surface area contributed by atoms with Gasteiger partial charge in [0.25, 0.3) is 5.91 Å². The Morgan fingerprint density at radius 1 is 1.31 bits per heavy atom. The maximum atomic E-state index is 12.7. The lowest BCUT2D eigenvalue weighted by atomic mass is 9.78. The monoisotopic (exact) mass is 363 g/mol. The van der Waals surface area contributed by atoms with Crippen LogP contribution in [0.25, 0.3) is 0 Å². The van der Waals surface area contributed by atoms with E-state index in [0.29, 0.717) is 24.2 Å². The summed E-state index contributed by atoms with van der Waals surface area (Å²) in [7, 11) is 0. The van der Waals surface area contributed by atoms with Crippen LogP contribution in [0.5, 0.6) is 0 Å². The number of piperidine rings is 1. The first-order valence-corrected chi connectivity index (χ1v) is 9.90. The summed E-state index contributed by atoms with van der Waals surface area (Å²) in [4.78, 5) is 12.7. The highest BCUT2D eigenvalue weighted by molar-refractivity contribution is 5.93. The van der Waals surface area contributed by atoms with Gasteiger partial charge in [0.1, 0.15) is 0 Å². The van der Waals surface area contributed by atoms with Gasteiger partial charge in [-0.2, -0.15) is 0 Å². The highest BCUT2D eigenvalue weighted by Gasteiger charge is 2.35. The van der Waals surface area contributed by atoms with Gasteiger partial charge in [0.05, 0.1) is 17.8 Å². The molecule has 3 heterocycles. The minimum Gasteiger partial charge on any atom is -0.377 e. The molecule has 2 saturated heterocycles. The third kappa shape index (κ3) is 4.26. The number of nitrogens with zero attached hydrogens (tertiary/aromatic N) is 3. The van der Waals surface area contributed by atoms with E-state index < -0.39 is 0 Å². The minimum absolute atomic E-state index is 0.0733. The van der Waals surface area contributed by atoms with Crippen LogP contribution in [0.4, 0.5) is 0 Å². The molecule has 2 aliphatic heterocycles. The van der Waals surface area contributed by atoms with Crippen LogP contribution in [-0.4, -0.2) is 53.2 Å². The van der Waals surface area contributed by atoms with Crippen LogP contribution in [0.1, 0.15) is 68.7 Å². The lowest BCUT2D eigenvalue weighted by molar-refractivity contribution is -0.0839. The van der Waals surface area contributed by atoms with Gasteiger partial charge in [0, 0.05) is 19.1 Å². The Balaban J connectivity index is 1.62. The van der Waals surface area contributed by atoms with E-state index in [2.05, 4.69) is 41.7 Å². The van der Waals surface area contributed by atoms with Crippen LogP contribution < -0.4 is 10.6 Å². The Bertz CT molecular complexity index is 616. The van der Waals surface area contributed by atoms with Crippen molar-refractivity contribution in [3.63, 3.8) is 0 Å². The third-order valence-corrected chi connectivity index (χ3v) is 5.62. The molecule has 7 nitrogen and oxygen atoms in total. The fourth-order valence-corrected chi connectivity index (χ4v) is 4.27. The average molecular weight is 364 g/mol. The molecule has 0 aromatic carbocycles. The standard InChI is InChI=1S/C19H33N5O2/c1-13-16(22-23-24(13)15-7-9-20-10-8-15)18(25)21-12-14-6-5-11-26-17(14)19(2,3)4/h14-15,17,20H,5-12H2,1-4H3,(H,21,25). The van der Waals surface area contributed by atoms with Crippen LogP contribution >= 0.6 is 0 Å². The van der Waals surface area contributed by atoms with Crippen molar-refractivity contribution in [1.82, 2.24) is 25.6 Å². The van der Waals surface area contributed by atoms with Gasteiger partial charge in [-0.15, -0.1) is 5.10 Å². The molecule has 0 radical (unpaired) electrons. The van der Waals surface area contributed by atoms with Crippen molar-refractivity contribution in [2.24, 2.45) is 11.3 Å². The van der Waals surface area contributed by atoms with Gasteiger partial charge in [0.15, 0.2) is 5.69 Å². The van der Waals surface area contributed by atoms with E-state index in [0.717, 1.165) is 51.1 Å². The molecule has 1 amide bonds. The zero-order valence-electron chi connectivity index (χ0n) is 16.5. The van der Waals surface area contributed by atoms with Crippen LogP contribution in [0.2, 0.25) is 0 Å². The summed E-state index contributed by atoms with van der Waals surface area (Å²) in [6, 6.07) is 0.335. The molecule has 1 aromatic rings. The van der Waals surface area contributed by atoms with E-state index >= 15 is 0 Å². The average Bonchev–Trinajstić information content (AvgIpc) is 3.01. The van der Waals surface area contributed by atoms with E-state index in [1.807, 2.05) is 11.6 Å². The highest BCUT2D eigenvalue weighted by atomic mass is 16.5. The Labute approximate surface area is 156 Å². The van der Waals surface area contributed by atoms with Gasteiger partial charge in [-0.1, -0.05) is 26.0 Å². The number of carbonyl (C=O) groups is 1. The second kappa shape index (κ2) is 8.05. The zero-order valence-corrected chi connectivity index (χ0v) is 16.5. The molecule has 2 atom stereocenters. The van der Waals surface area contributed by atoms with Crippen LogP contribution in [0.3, 0.4) is 0 Å². The van der Waals surface area contributed by atoms with Crippen LogP contribution in [0.15, 0.2) is 0 Å². The molecule has 3 rings (SSSR count). The van der Waals surface area contributed by atoms with Crippen LogP contribution in [0, 0.1) is 18.3 Å². The van der Waals surface area contributed by atoms with Gasteiger partial charge >= 0.3 is 0 Å². The number of hydrogen-bond acceptors (Lipinski definition) is 5. The summed E-state index contributed by atoms with van der Waals surface area (Å²) in [6.07, 6.45) is 4.36. The van der Waals surface area contributed by atoms with E-state index in [1.165, 1.54) is 0 Å². The molecule has 146 valence electrons. The maximum Gasteiger partial charge on any atom is 0.273 e. The van der Waals surface area contributed by atoms with Crippen LogP contribution in [-0.2, 0) is 4.74 Å². The summed E-state index contributed by atoms with van der Waals surface area (Å²) in [5.41, 5.74) is 1.39. The number of ether oxygens (including phenoxy) is 1. The normalized spacial score (nSPS) is 25.2. The first-order valence-electron chi connectivity index (χ1n) is 9.90. The zero-order chi connectivity index (χ0) is 18.7. The van der Waals surface area contributed by atoms with E-state index in [1.54, 1.807) is 0 Å². The first-order chi connectivity index (χ1) is 12.4. The van der Waals surface area contributed by atoms with Crippen molar-refractivity contribution in [1.29, 1.82) is 0 Å². The summed E-state index contributed by atoms with van der Waals surface area (Å²) < 4.78 is 7.94. The van der Waals surface area contributed by atoms with Gasteiger partial charge in [-0.05, 0) is 51.1 Å². The quantitative estimate of drug-likeness (QED) is 0.856. The second-order valence-corrected chi connectivity index (χ2v) is 8.72. The predicted molar refractivity (Wildman–Crippen MR) is 100 cm³/mol. The van der Waals surface area contributed by atoms with Gasteiger partial charge in [0.2, 0.25) is 0 Å². The first kappa shape index (κ1) is 19.3. The van der Waals surface area contributed by atoms with Gasteiger partial charge < -0.3 is 15.4 Å². The topological polar surface area (TPSA) is 81.1 Å². The summed E-state index contributed by atoms with van der Waals surface area (Å²) >= 11 is 0. The molecule has 0 spiro atoms. The number of rotatable bonds is 4. The Morgan fingerprint density at radius 2 is 2.04 bits per heavy atom. The van der Waals surface area contributed by atoms with Gasteiger partial charge in [-0.25, -0.2) is 4.68 Å². The molecule has 0 aliphatic carbocycles. The largest absolute Gasteiger partial charge is 0.377 e. The summed E-state index contributed by atoms with van der Waals surface area (Å²) in [5.74, 6) is 0.216. The van der Waals surface area contributed by atoms with Crippen molar-refractivity contribution < 1.29 is 9.53 Å². The Morgan fingerprint density at radius 3 is 2.73 bits per heavy atom. The molecule has 2 aliphatic rings. The molecule has 2 fully saturated rings. The van der Waals surface area contributed by atoms with Crippen molar-refractivity contribution >= 4 is 5.91 Å². The number of aromatic nitrogens is 3. The van der Waals surface area contributed by atoms with E-state index in [9.17, 15) is 4.79 Å². The molecular weight excluding hydrogens is 330 g/mol. The molecule has 0 saturated carbocycles. The smallest absolute Gasteiger partial charge is 0.273 e. The summed E-state index contributed by atoms with van der Waals surface area (Å²) in [6.45, 7) is 12.0. The number of amides is 1. The molecule has 7 heteroatoms. The fraction of sp³-hybridized carbons (Fsp3) is 0.842. The van der Waals surface area contributed by atoms with E-state index in [4.69, 9.17) is 4.74 Å². The Hall–Kier alpha value is -1.47. The van der Waals surface area contributed by atoms with Crippen molar-refractivity contribution in [3.05, 3.63) is 11.4 Å². The summed E-state index contributed by atoms with van der Waals surface area (Å²) in [5, 5.41) is 14.9. The minimum atomic E-state index is -0.124. The number of carbonyl (C=O) groups excluding carboxylic acids is 1. The molecular formula is C19H33N5O2. The van der Waals surface area contributed by atoms with Gasteiger partial charge in [-0.3, -0.25) is 4.79 Å². The van der Waals surface area contributed by atoms with Crippen molar-refractivity contribution in [2.45, 2.75) is 65.5 Å². The fourth-order valence-electron chi connectivity index (χ4n) is 4.27. The molecule has 0 bridgehead atoms. The lowest BCUT2D eigenvalue weighted by Gasteiger charge is -2.40. The molecule has 2 unspecified atom stereocenters. The predicted octanol–water partition coefficient (Wildman–Crippen LogP) is 2.08. The highest BCUT2D eigenvalue weighted by Crippen LogP contribution is 2.33. The molecule has 1 aromatic heterocycles. The van der Waals surface area contributed by atoms with E-state index in [-0.39, 0.29) is 17.4 Å². The maximum absolute atomic E-state index is 12.7. The molecule has 26 heavy (non-hydrogen) atoms. The second-order valence-electron chi connectivity index (χ2n) is 8.72. The molecule has 2 N–H and O–H groups in total. The van der Waals surface area contributed by atoms with Crippen molar-refractivity contribution in [3.8, 4) is 0 Å². The number of nitrogens with one attached hydrogen (secondary N) is 2. The SMILES string of the molecule is Cc1c(C(=O)NCC2CCCOC2C(C)(C)C)nnn1C1CCNCC1. The Kier molecular flexibility index (Phi) is 5.97. The van der Waals surface area contributed by atoms with Crippen molar-refractivity contribution in [2.75, 3.05) is 26.2 Å². The number of hydrogen-bond donors (Lipinski definition) is 2.